The molecule has 7 heteroatoms. The molecule has 0 saturated carbocycles. The summed E-state index contributed by atoms with van der Waals surface area (Å²) in [6.45, 7) is 2.52. The highest BCUT2D eigenvalue weighted by atomic mass is 16.2. The van der Waals surface area contributed by atoms with Crippen LogP contribution in [-0.4, -0.2) is 65.7 Å². The first-order valence-corrected chi connectivity index (χ1v) is 8.46. The van der Waals surface area contributed by atoms with Gasteiger partial charge in [0.1, 0.15) is 6.42 Å². The molecular formula is C18H22N4O3. The fourth-order valence-corrected chi connectivity index (χ4v) is 3.06. The number of piperazine rings is 1. The Bertz CT molecular complexity index is 763. The first-order chi connectivity index (χ1) is 12.2. The summed E-state index contributed by atoms with van der Waals surface area (Å²) < 4.78 is 0. The van der Waals surface area contributed by atoms with E-state index in [1.54, 1.807) is 9.80 Å². The number of carbonyl (C=O) groups is 3. The normalized spacial score (nSPS) is 14.6. The maximum Gasteiger partial charge on any atom is 0.232 e. The highest BCUT2D eigenvalue weighted by molar-refractivity contribution is 5.97. The summed E-state index contributed by atoms with van der Waals surface area (Å²) in [5.41, 5.74) is 2.22. The second kappa shape index (κ2) is 7.83. The van der Waals surface area contributed by atoms with E-state index in [1.165, 1.54) is 0 Å². The van der Waals surface area contributed by atoms with Crippen LogP contribution in [0.4, 0.5) is 0 Å². The number of H-pyrrole nitrogens is 1. The zero-order chi connectivity index (χ0) is 17.6. The van der Waals surface area contributed by atoms with Gasteiger partial charge in [0, 0.05) is 49.8 Å². The van der Waals surface area contributed by atoms with Gasteiger partial charge in [0.15, 0.2) is 0 Å². The van der Waals surface area contributed by atoms with Gasteiger partial charge in [-0.15, -0.1) is 0 Å². The lowest BCUT2D eigenvalue weighted by Crippen LogP contribution is -2.49. The molecule has 1 saturated heterocycles. The van der Waals surface area contributed by atoms with Crippen LogP contribution in [0.25, 0.3) is 10.9 Å². The van der Waals surface area contributed by atoms with Crippen molar-refractivity contribution in [2.75, 3.05) is 32.7 Å². The third-order valence-electron chi connectivity index (χ3n) is 4.52. The third-order valence-corrected chi connectivity index (χ3v) is 4.52. The van der Waals surface area contributed by atoms with E-state index < -0.39 is 0 Å². The Hall–Kier alpha value is -2.83. The van der Waals surface area contributed by atoms with Crippen LogP contribution < -0.4 is 5.32 Å². The minimum absolute atomic E-state index is 0.144. The van der Waals surface area contributed by atoms with Crippen LogP contribution in [0.1, 0.15) is 12.0 Å². The molecule has 0 bridgehead atoms. The number of amides is 3. The molecule has 2 heterocycles. The summed E-state index contributed by atoms with van der Waals surface area (Å²) in [4.78, 5) is 41.2. The molecule has 1 aliphatic heterocycles. The van der Waals surface area contributed by atoms with Crippen LogP contribution in [0, 0.1) is 0 Å². The van der Waals surface area contributed by atoms with Gasteiger partial charge in [0.25, 0.3) is 0 Å². The first kappa shape index (κ1) is 17.0. The standard InChI is InChI=1S/C18H22N4O3/c23-13-21-7-9-22(10-8-21)18(25)11-17(24)19-6-5-14-12-20-16-4-2-1-3-15(14)16/h1-4,12-13,20H,5-11H2,(H,19,24). The van der Waals surface area contributed by atoms with Gasteiger partial charge in [-0.3, -0.25) is 14.4 Å². The Morgan fingerprint density at radius 3 is 2.68 bits per heavy atom. The van der Waals surface area contributed by atoms with E-state index in [0.717, 1.165) is 22.9 Å². The second-order valence-corrected chi connectivity index (χ2v) is 6.16. The first-order valence-electron chi connectivity index (χ1n) is 8.46. The molecule has 1 aliphatic rings. The number of nitrogens with one attached hydrogen (secondary N) is 2. The predicted molar refractivity (Wildman–Crippen MR) is 93.8 cm³/mol. The van der Waals surface area contributed by atoms with Gasteiger partial charge in [-0.1, -0.05) is 18.2 Å². The van der Waals surface area contributed by atoms with E-state index in [0.29, 0.717) is 39.1 Å². The molecule has 1 aromatic carbocycles. The van der Waals surface area contributed by atoms with Crippen molar-refractivity contribution in [3.05, 3.63) is 36.0 Å². The van der Waals surface area contributed by atoms with Crippen molar-refractivity contribution in [1.29, 1.82) is 0 Å². The smallest absolute Gasteiger partial charge is 0.232 e. The maximum absolute atomic E-state index is 12.1. The molecule has 1 fully saturated rings. The average molecular weight is 342 g/mol. The largest absolute Gasteiger partial charge is 0.361 e. The van der Waals surface area contributed by atoms with E-state index in [1.807, 2.05) is 30.5 Å². The van der Waals surface area contributed by atoms with Crippen LogP contribution in [0.3, 0.4) is 0 Å². The van der Waals surface area contributed by atoms with E-state index in [4.69, 9.17) is 0 Å². The van der Waals surface area contributed by atoms with Gasteiger partial charge >= 0.3 is 0 Å². The number of rotatable bonds is 6. The van der Waals surface area contributed by atoms with Crippen molar-refractivity contribution in [1.82, 2.24) is 20.1 Å². The molecule has 0 unspecified atom stereocenters. The lowest BCUT2D eigenvalue weighted by Gasteiger charge is -2.32. The summed E-state index contributed by atoms with van der Waals surface area (Å²) in [6, 6.07) is 8.03. The fourth-order valence-electron chi connectivity index (χ4n) is 3.06. The number of nitrogens with zero attached hydrogens (tertiary/aromatic N) is 2. The van der Waals surface area contributed by atoms with Crippen molar-refractivity contribution in [2.45, 2.75) is 12.8 Å². The summed E-state index contributed by atoms with van der Waals surface area (Å²) >= 11 is 0. The molecular weight excluding hydrogens is 320 g/mol. The lowest BCUT2D eigenvalue weighted by molar-refractivity contribution is -0.138. The number of hydrogen-bond donors (Lipinski definition) is 2. The Morgan fingerprint density at radius 2 is 1.92 bits per heavy atom. The van der Waals surface area contributed by atoms with Crippen LogP contribution in [-0.2, 0) is 20.8 Å². The molecule has 7 nitrogen and oxygen atoms in total. The number of carbonyl (C=O) groups excluding carboxylic acids is 3. The van der Waals surface area contributed by atoms with Crippen molar-refractivity contribution in [3.63, 3.8) is 0 Å². The Balaban J connectivity index is 1.42. The summed E-state index contributed by atoms with van der Waals surface area (Å²) in [5.74, 6) is -0.446. The van der Waals surface area contributed by atoms with E-state index >= 15 is 0 Å². The van der Waals surface area contributed by atoms with Crippen molar-refractivity contribution < 1.29 is 14.4 Å². The van der Waals surface area contributed by atoms with Crippen LogP contribution >= 0.6 is 0 Å². The van der Waals surface area contributed by atoms with Gasteiger partial charge in [0.05, 0.1) is 0 Å². The molecule has 3 amide bonds. The molecule has 25 heavy (non-hydrogen) atoms. The molecule has 1 aromatic heterocycles. The zero-order valence-electron chi connectivity index (χ0n) is 14.0. The maximum atomic E-state index is 12.1. The van der Waals surface area contributed by atoms with Crippen molar-refractivity contribution >= 4 is 29.1 Å². The van der Waals surface area contributed by atoms with Crippen molar-refractivity contribution in [2.24, 2.45) is 0 Å². The molecule has 2 aromatic rings. The molecule has 0 atom stereocenters. The molecule has 0 radical (unpaired) electrons. The number of fused-ring (bicyclic) bond motifs is 1. The number of benzene rings is 1. The molecule has 0 spiro atoms. The average Bonchev–Trinajstić information content (AvgIpc) is 3.05. The van der Waals surface area contributed by atoms with Crippen LogP contribution in [0.5, 0.6) is 0 Å². The third kappa shape index (κ3) is 4.17. The number of aromatic amines is 1. The summed E-state index contributed by atoms with van der Waals surface area (Å²) in [7, 11) is 0. The van der Waals surface area contributed by atoms with Crippen LogP contribution in [0.15, 0.2) is 30.5 Å². The number of aromatic nitrogens is 1. The minimum Gasteiger partial charge on any atom is -0.361 e. The van der Waals surface area contributed by atoms with E-state index in [-0.39, 0.29) is 18.2 Å². The molecule has 132 valence electrons. The molecule has 0 aliphatic carbocycles. The highest BCUT2D eigenvalue weighted by Crippen LogP contribution is 2.17. The molecule has 2 N–H and O–H groups in total. The van der Waals surface area contributed by atoms with E-state index in [2.05, 4.69) is 10.3 Å². The Kier molecular flexibility index (Phi) is 5.33. The fraction of sp³-hybridized carbons (Fsp3) is 0.389. The number of para-hydroxylation sites is 1. The second-order valence-electron chi connectivity index (χ2n) is 6.16. The van der Waals surface area contributed by atoms with Gasteiger partial charge < -0.3 is 20.1 Å². The number of hydrogen-bond acceptors (Lipinski definition) is 3. The SMILES string of the molecule is O=CN1CCN(C(=O)CC(=O)NCCc2c[nH]c3ccccc23)CC1. The van der Waals surface area contributed by atoms with Crippen LogP contribution in [0.2, 0.25) is 0 Å². The summed E-state index contributed by atoms with van der Waals surface area (Å²) in [6.07, 6.45) is 3.31. The monoisotopic (exact) mass is 342 g/mol. The lowest BCUT2D eigenvalue weighted by atomic mass is 10.1. The quantitative estimate of drug-likeness (QED) is 0.593. The van der Waals surface area contributed by atoms with Gasteiger partial charge in [-0.25, -0.2) is 0 Å². The highest BCUT2D eigenvalue weighted by Gasteiger charge is 2.21. The Morgan fingerprint density at radius 1 is 1.16 bits per heavy atom. The van der Waals surface area contributed by atoms with Gasteiger partial charge in [-0.2, -0.15) is 0 Å². The minimum atomic E-state index is -0.261. The van der Waals surface area contributed by atoms with E-state index in [9.17, 15) is 14.4 Å². The molecule has 3 rings (SSSR count). The Labute approximate surface area is 146 Å². The predicted octanol–water partition coefficient (Wildman–Crippen LogP) is 0.517. The van der Waals surface area contributed by atoms with Gasteiger partial charge in [0.2, 0.25) is 18.2 Å². The summed E-state index contributed by atoms with van der Waals surface area (Å²) in [5, 5.41) is 3.96. The zero-order valence-corrected chi connectivity index (χ0v) is 14.0. The van der Waals surface area contributed by atoms with Gasteiger partial charge in [-0.05, 0) is 18.1 Å². The van der Waals surface area contributed by atoms with Crippen molar-refractivity contribution in [3.8, 4) is 0 Å². The topological polar surface area (TPSA) is 85.5 Å².